The van der Waals surface area contributed by atoms with Crippen molar-refractivity contribution in [3.63, 3.8) is 0 Å². The number of anilines is 1. The van der Waals surface area contributed by atoms with Gasteiger partial charge < -0.3 is 10.2 Å². The molecule has 1 fully saturated rings. The van der Waals surface area contributed by atoms with Crippen LogP contribution in [0.1, 0.15) is 26.7 Å². The first-order chi connectivity index (χ1) is 9.06. The lowest BCUT2D eigenvalue weighted by molar-refractivity contribution is -0.384. The van der Waals surface area contributed by atoms with Crippen LogP contribution in [0.2, 0.25) is 0 Å². The van der Waals surface area contributed by atoms with Gasteiger partial charge in [-0.25, -0.2) is 0 Å². The summed E-state index contributed by atoms with van der Waals surface area (Å²) in [6.07, 6.45) is 2.24. The summed E-state index contributed by atoms with van der Waals surface area (Å²) in [5.41, 5.74) is 1.11. The molecule has 19 heavy (non-hydrogen) atoms. The molecular formula is C14H21N3O2. The number of nitro benzene ring substituents is 1. The number of benzene rings is 1. The second-order valence-electron chi connectivity index (χ2n) is 5.35. The average molecular weight is 263 g/mol. The van der Waals surface area contributed by atoms with Gasteiger partial charge in [-0.3, -0.25) is 10.1 Å². The van der Waals surface area contributed by atoms with E-state index in [4.69, 9.17) is 0 Å². The SMILES string of the molecule is CC(C)N1CCC(Nc2ccc([N+](=O)[O-])cc2)CC1. The van der Waals surface area contributed by atoms with Crippen molar-refractivity contribution >= 4 is 11.4 Å². The van der Waals surface area contributed by atoms with Gasteiger partial charge in [0, 0.05) is 43.0 Å². The third-order valence-electron chi connectivity index (χ3n) is 3.71. The Hall–Kier alpha value is -1.62. The van der Waals surface area contributed by atoms with Crippen molar-refractivity contribution in [1.82, 2.24) is 4.90 Å². The van der Waals surface area contributed by atoms with E-state index in [9.17, 15) is 10.1 Å². The van der Waals surface area contributed by atoms with Gasteiger partial charge in [0.1, 0.15) is 0 Å². The van der Waals surface area contributed by atoms with E-state index >= 15 is 0 Å². The van der Waals surface area contributed by atoms with Crippen molar-refractivity contribution in [2.45, 2.75) is 38.8 Å². The Morgan fingerprint density at radius 2 is 1.84 bits per heavy atom. The molecule has 1 aromatic rings. The molecule has 1 aromatic carbocycles. The van der Waals surface area contributed by atoms with Crippen molar-refractivity contribution < 1.29 is 4.92 Å². The van der Waals surface area contributed by atoms with Crippen LogP contribution in [0, 0.1) is 10.1 Å². The van der Waals surface area contributed by atoms with Crippen LogP contribution < -0.4 is 5.32 Å². The van der Waals surface area contributed by atoms with Crippen molar-refractivity contribution in [1.29, 1.82) is 0 Å². The zero-order valence-corrected chi connectivity index (χ0v) is 11.5. The Morgan fingerprint density at radius 1 is 1.26 bits per heavy atom. The second-order valence-corrected chi connectivity index (χ2v) is 5.35. The van der Waals surface area contributed by atoms with E-state index in [2.05, 4.69) is 24.1 Å². The largest absolute Gasteiger partial charge is 0.382 e. The number of nitrogens with one attached hydrogen (secondary N) is 1. The van der Waals surface area contributed by atoms with E-state index < -0.39 is 0 Å². The lowest BCUT2D eigenvalue weighted by Gasteiger charge is -2.35. The monoisotopic (exact) mass is 263 g/mol. The van der Waals surface area contributed by atoms with Gasteiger partial charge in [0.2, 0.25) is 0 Å². The summed E-state index contributed by atoms with van der Waals surface area (Å²) in [6, 6.07) is 7.74. The highest BCUT2D eigenvalue weighted by molar-refractivity contribution is 5.49. The lowest BCUT2D eigenvalue weighted by Crippen LogP contribution is -2.42. The first kappa shape index (κ1) is 13.8. The van der Waals surface area contributed by atoms with Crippen LogP contribution in [-0.4, -0.2) is 35.0 Å². The van der Waals surface area contributed by atoms with Crippen molar-refractivity contribution in [3.05, 3.63) is 34.4 Å². The van der Waals surface area contributed by atoms with Crippen molar-refractivity contribution in [2.24, 2.45) is 0 Å². The number of nitro groups is 1. The Morgan fingerprint density at radius 3 is 2.32 bits per heavy atom. The quantitative estimate of drug-likeness (QED) is 0.670. The molecular weight excluding hydrogens is 242 g/mol. The molecule has 1 aliphatic rings. The first-order valence-electron chi connectivity index (χ1n) is 6.81. The molecule has 104 valence electrons. The van der Waals surface area contributed by atoms with E-state index in [-0.39, 0.29) is 10.6 Å². The maximum Gasteiger partial charge on any atom is 0.269 e. The minimum absolute atomic E-state index is 0.139. The van der Waals surface area contributed by atoms with Crippen LogP contribution in [0.15, 0.2) is 24.3 Å². The average Bonchev–Trinajstić information content (AvgIpc) is 2.40. The summed E-state index contributed by atoms with van der Waals surface area (Å²) in [7, 11) is 0. The van der Waals surface area contributed by atoms with E-state index in [0.29, 0.717) is 12.1 Å². The van der Waals surface area contributed by atoms with Crippen LogP contribution in [0.3, 0.4) is 0 Å². The molecule has 0 unspecified atom stereocenters. The Labute approximate surface area is 113 Å². The Kier molecular flexibility index (Phi) is 4.37. The van der Waals surface area contributed by atoms with Crippen LogP contribution >= 0.6 is 0 Å². The van der Waals surface area contributed by atoms with E-state index in [1.54, 1.807) is 24.3 Å². The lowest BCUT2D eigenvalue weighted by atomic mass is 10.0. The summed E-state index contributed by atoms with van der Waals surface area (Å²) in [6.45, 7) is 6.68. The second kappa shape index (κ2) is 6.02. The first-order valence-corrected chi connectivity index (χ1v) is 6.81. The fourth-order valence-electron chi connectivity index (χ4n) is 2.48. The summed E-state index contributed by atoms with van der Waals surface area (Å²) < 4.78 is 0. The molecule has 1 saturated heterocycles. The summed E-state index contributed by atoms with van der Waals surface area (Å²) in [4.78, 5) is 12.7. The van der Waals surface area contributed by atoms with E-state index in [0.717, 1.165) is 31.6 Å². The normalized spacial score (nSPS) is 17.6. The molecule has 2 rings (SSSR count). The van der Waals surface area contributed by atoms with Gasteiger partial charge in [-0.2, -0.15) is 0 Å². The molecule has 0 bridgehead atoms. The number of hydrogen-bond donors (Lipinski definition) is 1. The zero-order chi connectivity index (χ0) is 13.8. The minimum atomic E-state index is -0.370. The van der Waals surface area contributed by atoms with Gasteiger partial charge in [-0.05, 0) is 38.8 Å². The molecule has 0 amide bonds. The van der Waals surface area contributed by atoms with Gasteiger partial charge in [-0.1, -0.05) is 0 Å². The summed E-state index contributed by atoms with van der Waals surface area (Å²) in [5.74, 6) is 0. The number of rotatable bonds is 4. The topological polar surface area (TPSA) is 58.4 Å². The maximum absolute atomic E-state index is 10.6. The minimum Gasteiger partial charge on any atom is -0.382 e. The molecule has 1 aliphatic heterocycles. The molecule has 0 aliphatic carbocycles. The molecule has 5 heteroatoms. The van der Waals surface area contributed by atoms with Gasteiger partial charge >= 0.3 is 0 Å². The highest BCUT2D eigenvalue weighted by atomic mass is 16.6. The number of likely N-dealkylation sites (tertiary alicyclic amines) is 1. The fraction of sp³-hybridized carbons (Fsp3) is 0.571. The van der Waals surface area contributed by atoms with Crippen molar-refractivity contribution in [3.8, 4) is 0 Å². The van der Waals surface area contributed by atoms with Crippen LogP contribution in [0.4, 0.5) is 11.4 Å². The smallest absolute Gasteiger partial charge is 0.269 e. The van der Waals surface area contributed by atoms with E-state index in [1.807, 2.05) is 0 Å². The van der Waals surface area contributed by atoms with Crippen molar-refractivity contribution in [2.75, 3.05) is 18.4 Å². The highest BCUT2D eigenvalue weighted by Gasteiger charge is 2.20. The Balaban J connectivity index is 1.87. The predicted molar refractivity (Wildman–Crippen MR) is 76.5 cm³/mol. The van der Waals surface area contributed by atoms with Gasteiger partial charge in [0.15, 0.2) is 0 Å². The molecule has 0 saturated carbocycles. The molecule has 0 spiro atoms. The standard InChI is InChI=1S/C14H21N3O2/c1-11(2)16-9-7-13(8-10-16)15-12-3-5-14(6-4-12)17(18)19/h3-6,11,13,15H,7-10H2,1-2H3. The van der Waals surface area contributed by atoms with Gasteiger partial charge in [0.25, 0.3) is 5.69 Å². The number of hydrogen-bond acceptors (Lipinski definition) is 4. The van der Waals surface area contributed by atoms with Gasteiger partial charge in [-0.15, -0.1) is 0 Å². The van der Waals surface area contributed by atoms with E-state index in [1.165, 1.54) is 0 Å². The number of nitrogens with zero attached hydrogens (tertiary/aromatic N) is 2. The van der Waals surface area contributed by atoms with Crippen LogP contribution in [0.5, 0.6) is 0 Å². The van der Waals surface area contributed by atoms with Crippen LogP contribution in [-0.2, 0) is 0 Å². The molecule has 1 heterocycles. The third kappa shape index (κ3) is 3.67. The Bertz CT molecular complexity index is 423. The number of non-ortho nitro benzene ring substituents is 1. The molecule has 1 N–H and O–H groups in total. The van der Waals surface area contributed by atoms with Gasteiger partial charge in [0.05, 0.1) is 4.92 Å². The fourth-order valence-corrected chi connectivity index (χ4v) is 2.48. The maximum atomic E-state index is 10.6. The third-order valence-corrected chi connectivity index (χ3v) is 3.71. The predicted octanol–water partition coefficient (Wildman–Crippen LogP) is 2.88. The molecule has 0 atom stereocenters. The molecule has 0 aromatic heterocycles. The summed E-state index contributed by atoms with van der Waals surface area (Å²) in [5, 5.41) is 14.0. The summed E-state index contributed by atoms with van der Waals surface area (Å²) >= 11 is 0. The molecule has 5 nitrogen and oxygen atoms in total. The van der Waals surface area contributed by atoms with Crippen LogP contribution in [0.25, 0.3) is 0 Å². The highest BCUT2D eigenvalue weighted by Crippen LogP contribution is 2.20. The zero-order valence-electron chi connectivity index (χ0n) is 11.5. The number of piperidine rings is 1. The molecule has 0 radical (unpaired) electrons.